The Morgan fingerprint density at radius 3 is 2.16 bits per heavy atom. The number of Topliss-reactive ketones (excluding diaryl/α,β-unsaturated/α-hetero) is 2. The lowest BCUT2D eigenvalue weighted by molar-refractivity contribution is -0.170. The highest BCUT2D eigenvalue weighted by molar-refractivity contribution is 6.38. The summed E-state index contributed by atoms with van der Waals surface area (Å²) < 4.78 is 5.44. The number of hydrogen-bond donors (Lipinski definition) is 2. The molecule has 6 heteroatoms. The highest BCUT2D eigenvalue weighted by Crippen LogP contribution is 2.40. The van der Waals surface area contributed by atoms with Crippen LogP contribution in [0.3, 0.4) is 0 Å². The summed E-state index contributed by atoms with van der Waals surface area (Å²) in [4.78, 5) is 39.8. The number of hydrogen-bond acceptors (Lipinski definition) is 6. The lowest BCUT2D eigenvalue weighted by Crippen LogP contribution is -2.66. The van der Waals surface area contributed by atoms with Gasteiger partial charge in [0.2, 0.25) is 17.3 Å². The quantitative estimate of drug-likeness (QED) is 0.361. The molecular weight excluding hydrogens is 408 g/mol. The van der Waals surface area contributed by atoms with Crippen molar-refractivity contribution in [2.24, 2.45) is 0 Å². The van der Waals surface area contributed by atoms with E-state index in [-0.39, 0.29) is 18.4 Å². The van der Waals surface area contributed by atoms with E-state index in [1.54, 1.807) is 56.3 Å². The summed E-state index contributed by atoms with van der Waals surface area (Å²) in [5.41, 5.74) is -2.93. The molecule has 0 fully saturated rings. The van der Waals surface area contributed by atoms with Gasteiger partial charge in [0.15, 0.2) is 5.60 Å². The SMILES string of the molecule is CO[C@]1(CC=C(C)C)C(=O)[C@@](O)(C(=O)/C=C/c2ccccc2)C(=O)C(CC=C(C)C)=C1O. The van der Waals surface area contributed by atoms with Crippen LogP contribution in [-0.2, 0) is 19.1 Å². The van der Waals surface area contributed by atoms with Gasteiger partial charge in [-0.25, -0.2) is 0 Å². The molecule has 0 radical (unpaired) electrons. The number of methoxy groups -OCH3 is 1. The topological polar surface area (TPSA) is 101 Å². The van der Waals surface area contributed by atoms with E-state index < -0.39 is 34.3 Å². The number of carbonyl (C=O) groups excluding carboxylic acids is 3. The Morgan fingerprint density at radius 2 is 1.62 bits per heavy atom. The Labute approximate surface area is 188 Å². The zero-order valence-electron chi connectivity index (χ0n) is 19.1. The number of benzene rings is 1. The van der Waals surface area contributed by atoms with Gasteiger partial charge < -0.3 is 14.9 Å². The van der Waals surface area contributed by atoms with Crippen molar-refractivity contribution in [3.05, 3.63) is 76.6 Å². The summed E-state index contributed by atoms with van der Waals surface area (Å²) >= 11 is 0. The molecule has 0 heterocycles. The van der Waals surface area contributed by atoms with E-state index in [1.807, 2.05) is 13.8 Å². The van der Waals surface area contributed by atoms with Gasteiger partial charge in [0.25, 0.3) is 5.60 Å². The Morgan fingerprint density at radius 1 is 1.03 bits per heavy atom. The number of aliphatic hydroxyl groups is 2. The summed E-state index contributed by atoms with van der Waals surface area (Å²) in [7, 11) is 1.20. The molecule has 0 amide bonds. The Kier molecular flexibility index (Phi) is 7.88. The molecule has 1 aliphatic rings. The lowest BCUT2D eigenvalue weighted by Gasteiger charge is -2.40. The minimum atomic E-state index is -3.01. The molecule has 2 rings (SSSR count). The molecule has 6 nitrogen and oxygen atoms in total. The molecule has 0 saturated heterocycles. The number of allylic oxidation sites excluding steroid dienone is 3. The maximum atomic E-state index is 13.5. The largest absolute Gasteiger partial charge is 0.508 e. The van der Waals surface area contributed by atoms with Crippen molar-refractivity contribution >= 4 is 23.4 Å². The smallest absolute Gasteiger partial charge is 0.252 e. The van der Waals surface area contributed by atoms with Crippen LogP contribution < -0.4 is 0 Å². The monoisotopic (exact) mass is 438 g/mol. The summed E-state index contributed by atoms with van der Waals surface area (Å²) in [6, 6.07) is 8.81. The van der Waals surface area contributed by atoms with Gasteiger partial charge in [0, 0.05) is 19.1 Å². The van der Waals surface area contributed by atoms with Crippen molar-refractivity contribution in [1.82, 2.24) is 0 Å². The first-order valence-corrected chi connectivity index (χ1v) is 10.3. The number of carbonyl (C=O) groups is 3. The zero-order chi connectivity index (χ0) is 24.1. The Bertz CT molecular complexity index is 1020. The van der Waals surface area contributed by atoms with E-state index >= 15 is 0 Å². The van der Waals surface area contributed by atoms with Crippen molar-refractivity contribution in [3.8, 4) is 0 Å². The molecule has 1 aliphatic carbocycles. The van der Waals surface area contributed by atoms with E-state index in [0.717, 1.165) is 17.2 Å². The summed E-state index contributed by atoms with van der Waals surface area (Å²) in [5, 5.41) is 22.3. The third-order valence-electron chi connectivity index (χ3n) is 5.41. The summed E-state index contributed by atoms with van der Waals surface area (Å²) in [5.74, 6) is -3.99. The molecule has 170 valence electrons. The molecule has 0 aromatic heterocycles. The first-order chi connectivity index (χ1) is 15.0. The molecule has 0 saturated carbocycles. The van der Waals surface area contributed by atoms with Crippen LogP contribution >= 0.6 is 0 Å². The van der Waals surface area contributed by atoms with Gasteiger partial charge in [0.05, 0.1) is 0 Å². The Hall–Kier alpha value is -3.09. The van der Waals surface area contributed by atoms with Gasteiger partial charge >= 0.3 is 0 Å². The van der Waals surface area contributed by atoms with Crippen LogP contribution in [0.5, 0.6) is 0 Å². The van der Waals surface area contributed by atoms with Gasteiger partial charge in [-0.2, -0.15) is 0 Å². The fraction of sp³-hybridized carbons (Fsp3) is 0.346. The van der Waals surface area contributed by atoms with Gasteiger partial charge in [-0.3, -0.25) is 14.4 Å². The fourth-order valence-corrected chi connectivity index (χ4v) is 3.46. The third-order valence-corrected chi connectivity index (χ3v) is 5.41. The van der Waals surface area contributed by atoms with Crippen LogP contribution in [0.15, 0.2) is 71.0 Å². The van der Waals surface area contributed by atoms with E-state index in [4.69, 9.17) is 4.74 Å². The van der Waals surface area contributed by atoms with Crippen LogP contribution in [0.4, 0.5) is 0 Å². The number of aliphatic hydroxyl groups excluding tert-OH is 1. The average molecular weight is 439 g/mol. The van der Waals surface area contributed by atoms with Crippen molar-refractivity contribution in [2.75, 3.05) is 7.11 Å². The summed E-state index contributed by atoms with van der Waals surface area (Å²) in [6.45, 7) is 7.21. The minimum absolute atomic E-state index is 0.0573. The molecule has 32 heavy (non-hydrogen) atoms. The number of ether oxygens (including phenoxy) is 1. The van der Waals surface area contributed by atoms with E-state index in [2.05, 4.69) is 0 Å². The molecule has 1 aromatic carbocycles. The number of ketones is 3. The zero-order valence-corrected chi connectivity index (χ0v) is 19.1. The van der Waals surface area contributed by atoms with Crippen LogP contribution in [0.25, 0.3) is 6.08 Å². The van der Waals surface area contributed by atoms with Crippen LogP contribution in [0, 0.1) is 0 Å². The highest BCUT2D eigenvalue weighted by Gasteiger charge is 2.64. The normalized spacial score (nSPS) is 23.4. The van der Waals surface area contributed by atoms with Gasteiger partial charge in [0.1, 0.15) is 5.76 Å². The average Bonchev–Trinajstić information content (AvgIpc) is 2.76. The third kappa shape index (κ3) is 4.71. The standard InChI is InChI=1S/C26H30O6/c1-17(2)11-13-20-22(28)25(32-5,16-15-18(3)4)24(30)26(31,23(20)29)21(27)14-12-19-9-7-6-8-10-19/h6-12,14-15,28,31H,13,16H2,1-5H3/b14-12+/t25-,26+/m0/s1. The predicted octanol–water partition coefficient (Wildman–Crippen LogP) is 4.06. The van der Waals surface area contributed by atoms with Crippen LogP contribution in [0.1, 0.15) is 46.1 Å². The first-order valence-electron chi connectivity index (χ1n) is 10.3. The molecule has 2 atom stereocenters. The second-order valence-corrected chi connectivity index (χ2v) is 8.31. The highest BCUT2D eigenvalue weighted by atomic mass is 16.5. The van der Waals surface area contributed by atoms with E-state index in [0.29, 0.717) is 5.56 Å². The molecule has 0 aliphatic heterocycles. The molecule has 1 aromatic rings. The maximum absolute atomic E-state index is 13.5. The molecule has 2 N–H and O–H groups in total. The van der Waals surface area contributed by atoms with E-state index in [1.165, 1.54) is 13.2 Å². The predicted molar refractivity (Wildman–Crippen MR) is 123 cm³/mol. The second-order valence-electron chi connectivity index (χ2n) is 8.31. The van der Waals surface area contributed by atoms with Crippen molar-refractivity contribution in [1.29, 1.82) is 0 Å². The Balaban J connectivity index is 2.67. The fourth-order valence-electron chi connectivity index (χ4n) is 3.46. The number of rotatable bonds is 8. The minimum Gasteiger partial charge on any atom is -0.508 e. The maximum Gasteiger partial charge on any atom is 0.252 e. The van der Waals surface area contributed by atoms with Gasteiger partial charge in [-0.15, -0.1) is 0 Å². The molecule has 0 spiro atoms. The van der Waals surface area contributed by atoms with Crippen LogP contribution in [-0.4, -0.2) is 45.9 Å². The van der Waals surface area contributed by atoms with Crippen molar-refractivity contribution < 1.29 is 29.3 Å². The van der Waals surface area contributed by atoms with E-state index in [9.17, 15) is 24.6 Å². The molecule has 0 unspecified atom stereocenters. The molecular formula is C26H30O6. The van der Waals surface area contributed by atoms with Crippen LogP contribution in [0.2, 0.25) is 0 Å². The van der Waals surface area contributed by atoms with Crippen molar-refractivity contribution in [2.45, 2.75) is 51.7 Å². The lowest BCUT2D eigenvalue weighted by atomic mass is 9.68. The second kappa shape index (κ2) is 10.0. The molecule has 0 bridgehead atoms. The van der Waals surface area contributed by atoms with Gasteiger partial charge in [-0.1, -0.05) is 59.7 Å². The summed E-state index contributed by atoms with van der Waals surface area (Å²) in [6.07, 6.45) is 5.55. The first kappa shape index (κ1) is 25.2. The van der Waals surface area contributed by atoms with Gasteiger partial charge in [-0.05, 0) is 45.8 Å². The van der Waals surface area contributed by atoms with Crippen molar-refractivity contribution in [3.63, 3.8) is 0 Å².